The Morgan fingerprint density at radius 3 is 2.52 bits per heavy atom. The van der Waals surface area contributed by atoms with Crippen LogP contribution in [0.2, 0.25) is 0 Å². The number of hydrogen-bond donors (Lipinski definition) is 0. The van der Waals surface area contributed by atoms with Crippen molar-refractivity contribution in [3.63, 3.8) is 0 Å². The minimum Gasteiger partial charge on any atom is -0.306 e. The van der Waals surface area contributed by atoms with Gasteiger partial charge in [-0.05, 0) is 39.9 Å². The minimum atomic E-state index is -4.49. The van der Waals surface area contributed by atoms with Gasteiger partial charge in [-0.25, -0.2) is 9.97 Å². The molecule has 23 heavy (non-hydrogen) atoms. The molecule has 0 radical (unpaired) electrons. The number of aromatic nitrogens is 4. The Labute approximate surface area is 132 Å². The molecule has 3 heterocycles. The molecule has 0 aromatic carbocycles. The van der Waals surface area contributed by atoms with E-state index in [1.807, 2.05) is 0 Å². The van der Waals surface area contributed by atoms with Crippen molar-refractivity contribution in [2.45, 2.75) is 32.0 Å². The van der Waals surface area contributed by atoms with Gasteiger partial charge in [-0.2, -0.15) is 18.3 Å². The van der Waals surface area contributed by atoms with Crippen molar-refractivity contribution in [1.29, 1.82) is 0 Å². The van der Waals surface area contributed by atoms with E-state index in [2.05, 4.69) is 27.0 Å². The summed E-state index contributed by atoms with van der Waals surface area (Å²) in [5, 5.41) is 4.26. The molecule has 124 valence electrons. The number of aryl methyl sites for hydroxylation is 1. The fraction of sp³-hybridized carbons (Fsp3) is 0.533. The maximum absolute atomic E-state index is 13.2. The summed E-state index contributed by atoms with van der Waals surface area (Å²) in [6.45, 7) is 3.49. The summed E-state index contributed by atoms with van der Waals surface area (Å²) in [6.07, 6.45) is 1.34. The lowest BCUT2D eigenvalue weighted by molar-refractivity contribution is -0.137. The monoisotopic (exact) mass is 325 g/mol. The van der Waals surface area contributed by atoms with Gasteiger partial charge in [0.1, 0.15) is 11.4 Å². The second-order valence-corrected chi connectivity index (χ2v) is 5.92. The zero-order valence-electron chi connectivity index (χ0n) is 13.0. The van der Waals surface area contributed by atoms with E-state index in [0.29, 0.717) is 11.4 Å². The zero-order chi connectivity index (χ0) is 16.6. The second kappa shape index (κ2) is 5.92. The molecule has 8 heteroatoms. The van der Waals surface area contributed by atoms with Gasteiger partial charge < -0.3 is 4.90 Å². The third-order valence-electron chi connectivity index (χ3n) is 4.15. The molecule has 2 aromatic rings. The Hall–Kier alpha value is -1.96. The first-order valence-electron chi connectivity index (χ1n) is 7.48. The van der Waals surface area contributed by atoms with Crippen LogP contribution in [-0.2, 0) is 6.18 Å². The van der Waals surface area contributed by atoms with Gasteiger partial charge in [0, 0.05) is 18.0 Å². The smallest absolute Gasteiger partial charge is 0.306 e. The summed E-state index contributed by atoms with van der Waals surface area (Å²) < 4.78 is 41.2. The van der Waals surface area contributed by atoms with Crippen LogP contribution < -0.4 is 0 Å². The summed E-state index contributed by atoms with van der Waals surface area (Å²) >= 11 is 0. The van der Waals surface area contributed by atoms with Crippen LogP contribution in [-0.4, -0.2) is 44.8 Å². The zero-order valence-corrected chi connectivity index (χ0v) is 13.0. The molecule has 0 atom stereocenters. The van der Waals surface area contributed by atoms with Crippen LogP contribution in [0.4, 0.5) is 13.2 Å². The number of likely N-dealkylation sites (tertiary alicyclic amines) is 1. The molecule has 0 N–H and O–H groups in total. The van der Waals surface area contributed by atoms with Gasteiger partial charge in [0.05, 0.1) is 17.9 Å². The molecule has 1 saturated heterocycles. The normalized spacial score (nSPS) is 17.6. The van der Waals surface area contributed by atoms with E-state index >= 15 is 0 Å². The number of nitrogens with zero attached hydrogens (tertiary/aromatic N) is 5. The molecule has 5 nitrogen and oxygen atoms in total. The number of halogens is 3. The van der Waals surface area contributed by atoms with E-state index in [-0.39, 0.29) is 11.7 Å². The summed E-state index contributed by atoms with van der Waals surface area (Å²) in [5.41, 5.74) is -0.558. The molecular formula is C15H18F3N5. The van der Waals surface area contributed by atoms with Crippen molar-refractivity contribution in [1.82, 2.24) is 24.6 Å². The van der Waals surface area contributed by atoms with Gasteiger partial charge in [0.25, 0.3) is 0 Å². The molecule has 0 amide bonds. The number of rotatable bonds is 2. The Bertz CT molecular complexity index is 687. The predicted octanol–water partition coefficient (Wildman–Crippen LogP) is 2.93. The van der Waals surface area contributed by atoms with Crippen LogP contribution in [0.15, 0.2) is 18.6 Å². The fourth-order valence-corrected chi connectivity index (χ4v) is 2.82. The maximum Gasteiger partial charge on any atom is 0.419 e. The van der Waals surface area contributed by atoms with Crippen LogP contribution in [0.3, 0.4) is 0 Å². The average Bonchev–Trinajstić information content (AvgIpc) is 2.96. The van der Waals surface area contributed by atoms with Crippen LogP contribution in [0.5, 0.6) is 0 Å². The topological polar surface area (TPSA) is 46.8 Å². The van der Waals surface area contributed by atoms with Gasteiger partial charge in [0.15, 0.2) is 0 Å². The molecule has 1 aliphatic heterocycles. The molecular weight excluding hydrogens is 307 g/mol. The summed E-state index contributed by atoms with van der Waals surface area (Å²) in [5.74, 6) is 0.306. The molecule has 3 rings (SSSR count). The highest BCUT2D eigenvalue weighted by Crippen LogP contribution is 2.35. The van der Waals surface area contributed by atoms with Crippen molar-refractivity contribution in [2.75, 3.05) is 20.1 Å². The van der Waals surface area contributed by atoms with Gasteiger partial charge in [-0.3, -0.25) is 4.68 Å². The molecule has 1 aliphatic rings. The number of hydrogen-bond acceptors (Lipinski definition) is 4. The lowest BCUT2D eigenvalue weighted by atomic mass is 10.1. The van der Waals surface area contributed by atoms with Gasteiger partial charge in [0.2, 0.25) is 0 Å². The van der Waals surface area contributed by atoms with Crippen LogP contribution in [0.1, 0.15) is 30.3 Å². The molecule has 2 aromatic heterocycles. The highest BCUT2D eigenvalue weighted by atomic mass is 19.4. The Morgan fingerprint density at radius 2 is 1.87 bits per heavy atom. The van der Waals surface area contributed by atoms with Crippen molar-refractivity contribution < 1.29 is 13.2 Å². The lowest BCUT2D eigenvalue weighted by Crippen LogP contribution is -2.31. The molecule has 0 aliphatic carbocycles. The van der Waals surface area contributed by atoms with Gasteiger partial charge >= 0.3 is 6.18 Å². The summed E-state index contributed by atoms with van der Waals surface area (Å²) in [4.78, 5) is 9.89. The third kappa shape index (κ3) is 3.36. The van der Waals surface area contributed by atoms with Crippen molar-refractivity contribution in [3.05, 3.63) is 30.0 Å². The SMILES string of the molecule is Cc1ncc(C(F)(F)F)c(-c2cnn(C3CCN(C)CC3)c2)n1. The molecule has 0 bridgehead atoms. The van der Waals surface area contributed by atoms with Crippen LogP contribution in [0, 0.1) is 6.92 Å². The van der Waals surface area contributed by atoms with Crippen LogP contribution >= 0.6 is 0 Å². The Morgan fingerprint density at radius 1 is 1.17 bits per heavy atom. The fourth-order valence-electron chi connectivity index (χ4n) is 2.82. The molecule has 0 spiro atoms. The van der Waals surface area contributed by atoms with E-state index in [1.165, 1.54) is 6.20 Å². The third-order valence-corrected chi connectivity index (χ3v) is 4.15. The Kier molecular flexibility index (Phi) is 4.09. The van der Waals surface area contributed by atoms with Crippen molar-refractivity contribution in [3.8, 4) is 11.3 Å². The van der Waals surface area contributed by atoms with Crippen molar-refractivity contribution >= 4 is 0 Å². The molecule has 0 unspecified atom stereocenters. The number of piperidine rings is 1. The number of alkyl halides is 3. The standard InChI is InChI=1S/C15H18F3N5/c1-10-19-8-13(15(16,17)18)14(21-10)11-7-20-23(9-11)12-3-5-22(2)6-4-12/h7-9,12H,3-6H2,1-2H3. The largest absolute Gasteiger partial charge is 0.419 e. The van der Waals surface area contributed by atoms with E-state index < -0.39 is 11.7 Å². The van der Waals surface area contributed by atoms with E-state index in [9.17, 15) is 13.2 Å². The molecule has 1 fully saturated rings. The lowest BCUT2D eigenvalue weighted by Gasteiger charge is -2.28. The van der Waals surface area contributed by atoms with Crippen LogP contribution in [0.25, 0.3) is 11.3 Å². The quantitative estimate of drug-likeness (QED) is 0.852. The maximum atomic E-state index is 13.2. The highest BCUT2D eigenvalue weighted by Gasteiger charge is 2.35. The van der Waals surface area contributed by atoms with Gasteiger partial charge in [-0.15, -0.1) is 0 Å². The first kappa shape index (κ1) is 15.9. The predicted molar refractivity (Wildman–Crippen MR) is 78.8 cm³/mol. The van der Waals surface area contributed by atoms with Gasteiger partial charge in [-0.1, -0.05) is 0 Å². The molecule has 0 saturated carbocycles. The second-order valence-electron chi connectivity index (χ2n) is 5.92. The summed E-state index contributed by atoms with van der Waals surface area (Å²) in [7, 11) is 2.06. The first-order chi connectivity index (χ1) is 10.8. The summed E-state index contributed by atoms with van der Waals surface area (Å²) in [6, 6.07) is 0.220. The average molecular weight is 325 g/mol. The minimum absolute atomic E-state index is 0.107. The van der Waals surface area contributed by atoms with E-state index in [0.717, 1.165) is 32.1 Å². The Balaban J connectivity index is 1.93. The first-order valence-corrected chi connectivity index (χ1v) is 7.48. The van der Waals surface area contributed by atoms with E-state index in [1.54, 1.807) is 17.8 Å². The van der Waals surface area contributed by atoms with Crippen molar-refractivity contribution in [2.24, 2.45) is 0 Å². The van der Waals surface area contributed by atoms with E-state index in [4.69, 9.17) is 0 Å². The highest BCUT2D eigenvalue weighted by molar-refractivity contribution is 5.61.